The topological polar surface area (TPSA) is 59.4 Å². The molecule has 0 spiro atoms. The van der Waals surface area contributed by atoms with Crippen LogP contribution < -0.4 is 0 Å². The zero-order valence-corrected chi connectivity index (χ0v) is 7.36. The van der Waals surface area contributed by atoms with E-state index in [0.29, 0.717) is 12.2 Å². The molecule has 13 heavy (non-hydrogen) atoms. The van der Waals surface area contributed by atoms with Crippen LogP contribution in [0.5, 0.6) is 0 Å². The fourth-order valence-electron chi connectivity index (χ4n) is 0.844. The number of hydrogen-bond donors (Lipinski definition) is 1. The number of carbonyl (C=O) groups is 1. The van der Waals surface area contributed by atoms with Crippen molar-refractivity contribution in [2.45, 2.75) is 13.5 Å². The lowest BCUT2D eigenvalue weighted by atomic mass is 10.2. The third-order valence-electron chi connectivity index (χ3n) is 1.49. The molecule has 70 valence electrons. The monoisotopic (exact) mass is 181 g/mol. The van der Waals surface area contributed by atoms with E-state index in [1.807, 2.05) is 0 Å². The predicted molar refractivity (Wildman–Crippen MR) is 46.1 cm³/mol. The molecule has 4 heteroatoms. The summed E-state index contributed by atoms with van der Waals surface area (Å²) in [5, 5.41) is 8.71. The number of hydrogen-bond acceptors (Lipinski definition) is 4. The Morgan fingerprint density at radius 3 is 2.85 bits per heavy atom. The Hall–Kier alpha value is -1.42. The molecule has 0 radical (unpaired) electrons. The van der Waals surface area contributed by atoms with E-state index < -0.39 is 5.97 Å². The second-order valence-electron chi connectivity index (χ2n) is 2.43. The first-order valence-electron chi connectivity index (χ1n) is 4.00. The predicted octanol–water partition coefficient (Wildman–Crippen LogP) is 0.751. The highest BCUT2D eigenvalue weighted by atomic mass is 16.5. The van der Waals surface area contributed by atoms with E-state index in [0.717, 1.165) is 0 Å². The van der Waals surface area contributed by atoms with Gasteiger partial charge in [0.1, 0.15) is 5.69 Å². The number of esters is 1. The van der Waals surface area contributed by atoms with Crippen molar-refractivity contribution in [2.24, 2.45) is 0 Å². The van der Waals surface area contributed by atoms with Crippen LogP contribution in [0.15, 0.2) is 18.3 Å². The van der Waals surface area contributed by atoms with Crippen LogP contribution in [-0.2, 0) is 11.3 Å². The number of aliphatic hydroxyl groups excluding tert-OH is 1. The van der Waals surface area contributed by atoms with Crippen molar-refractivity contribution < 1.29 is 14.6 Å². The molecule has 1 aromatic rings. The molecule has 0 bridgehead atoms. The number of aliphatic hydroxyl groups is 1. The molecular weight excluding hydrogens is 170 g/mol. The van der Waals surface area contributed by atoms with Gasteiger partial charge in [0.2, 0.25) is 0 Å². The number of aromatic nitrogens is 1. The van der Waals surface area contributed by atoms with Crippen molar-refractivity contribution in [3.8, 4) is 0 Å². The molecule has 4 nitrogen and oxygen atoms in total. The van der Waals surface area contributed by atoms with E-state index in [1.54, 1.807) is 13.0 Å². The van der Waals surface area contributed by atoms with E-state index in [1.165, 1.54) is 12.3 Å². The Morgan fingerprint density at radius 2 is 2.38 bits per heavy atom. The van der Waals surface area contributed by atoms with Gasteiger partial charge in [0.15, 0.2) is 0 Å². The minimum absolute atomic E-state index is 0.0733. The number of carbonyl (C=O) groups excluding carboxylic acids is 1. The summed E-state index contributed by atoms with van der Waals surface area (Å²) in [6.45, 7) is 2.00. The van der Waals surface area contributed by atoms with E-state index in [4.69, 9.17) is 9.84 Å². The fourth-order valence-corrected chi connectivity index (χ4v) is 0.844. The van der Waals surface area contributed by atoms with Gasteiger partial charge >= 0.3 is 5.97 Å². The molecule has 1 aromatic heterocycles. The van der Waals surface area contributed by atoms with Gasteiger partial charge in [-0.2, -0.15) is 0 Å². The van der Waals surface area contributed by atoms with Crippen LogP contribution in [0.2, 0.25) is 0 Å². The third-order valence-corrected chi connectivity index (χ3v) is 1.49. The maximum absolute atomic E-state index is 11.1. The molecule has 0 saturated heterocycles. The fraction of sp³-hybridized carbons (Fsp3) is 0.333. The molecule has 0 aromatic carbocycles. The van der Waals surface area contributed by atoms with Crippen LogP contribution in [0.25, 0.3) is 0 Å². The quantitative estimate of drug-likeness (QED) is 0.699. The zero-order chi connectivity index (χ0) is 9.68. The van der Waals surface area contributed by atoms with Crippen LogP contribution in [0.3, 0.4) is 0 Å². The van der Waals surface area contributed by atoms with Gasteiger partial charge in [0.05, 0.1) is 13.2 Å². The normalized spacial score (nSPS) is 9.69. The van der Waals surface area contributed by atoms with E-state index in [2.05, 4.69) is 4.98 Å². The van der Waals surface area contributed by atoms with Gasteiger partial charge in [0.25, 0.3) is 0 Å². The van der Waals surface area contributed by atoms with Crippen molar-refractivity contribution in [3.05, 3.63) is 29.6 Å². The molecule has 1 rings (SSSR count). The molecule has 0 amide bonds. The van der Waals surface area contributed by atoms with Gasteiger partial charge in [-0.25, -0.2) is 9.78 Å². The Morgan fingerprint density at radius 1 is 1.62 bits per heavy atom. The number of pyridine rings is 1. The molecule has 0 aliphatic carbocycles. The van der Waals surface area contributed by atoms with E-state index in [-0.39, 0.29) is 12.3 Å². The Balaban J connectivity index is 2.74. The van der Waals surface area contributed by atoms with Gasteiger partial charge in [-0.1, -0.05) is 6.07 Å². The first kappa shape index (κ1) is 9.67. The molecule has 0 atom stereocenters. The summed E-state index contributed by atoms with van der Waals surface area (Å²) in [5.41, 5.74) is 0.937. The lowest BCUT2D eigenvalue weighted by Crippen LogP contribution is -2.06. The van der Waals surface area contributed by atoms with Crippen LogP contribution in [0, 0.1) is 0 Å². The molecule has 0 aliphatic heterocycles. The largest absolute Gasteiger partial charge is 0.461 e. The van der Waals surface area contributed by atoms with Gasteiger partial charge < -0.3 is 9.84 Å². The van der Waals surface area contributed by atoms with Crippen molar-refractivity contribution >= 4 is 5.97 Å². The number of ether oxygens (including phenoxy) is 1. The van der Waals surface area contributed by atoms with Gasteiger partial charge in [-0.15, -0.1) is 0 Å². The summed E-state index contributed by atoms with van der Waals surface area (Å²) in [6.07, 6.45) is 1.45. The van der Waals surface area contributed by atoms with Crippen molar-refractivity contribution in [3.63, 3.8) is 0 Å². The van der Waals surface area contributed by atoms with E-state index in [9.17, 15) is 4.79 Å². The van der Waals surface area contributed by atoms with E-state index >= 15 is 0 Å². The summed E-state index contributed by atoms with van der Waals surface area (Å²) < 4.78 is 4.74. The average molecular weight is 181 g/mol. The highest BCUT2D eigenvalue weighted by Gasteiger charge is 2.06. The number of nitrogens with zero attached hydrogens (tertiary/aromatic N) is 1. The molecule has 0 aliphatic rings. The molecule has 0 saturated carbocycles. The Bertz CT molecular complexity index is 281. The molecule has 0 unspecified atom stereocenters. The third kappa shape index (κ3) is 2.52. The molecular formula is C9H11NO3. The van der Waals surface area contributed by atoms with Crippen LogP contribution >= 0.6 is 0 Å². The van der Waals surface area contributed by atoms with Crippen LogP contribution in [-0.4, -0.2) is 22.7 Å². The first-order valence-corrected chi connectivity index (χ1v) is 4.00. The van der Waals surface area contributed by atoms with Gasteiger partial charge in [-0.3, -0.25) is 0 Å². The summed E-state index contributed by atoms with van der Waals surface area (Å²) >= 11 is 0. The van der Waals surface area contributed by atoms with Crippen molar-refractivity contribution in [1.82, 2.24) is 4.98 Å². The second-order valence-corrected chi connectivity index (χ2v) is 2.43. The summed E-state index contributed by atoms with van der Waals surface area (Å²) in [4.78, 5) is 14.9. The van der Waals surface area contributed by atoms with Crippen molar-refractivity contribution in [2.75, 3.05) is 6.61 Å². The minimum atomic E-state index is -0.438. The Kier molecular flexibility index (Phi) is 3.40. The summed E-state index contributed by atoms with van der Waals surface area (Å²) in [6, 6.07) is 3.17. The van der Waals surface area contributed by atoms with Crippen LogP contribution in [0.4, 0.5) is 0 Å². The first-order chi connectivity index (χ1) is 6.27. The Labute approximate surface area is 76.2 Å². The zero-order valence-electron chi connectivity index (χ0n) is 7.36. The lowest BCUT2D eigenvalue weighted by Gasteiger charge is -2.00. The smallest absolute Gasteiger partial charge is 0.356 e. The maximum Gasteiger partial charge on any atom is 0.356 e. The van der Waals surface area contributed by atoms with Gasteiger partial charge in [0, 0.05) is 6.20 Å². The highest BCUT2D eigenvalue weighted by molar-refractivity contribution is 5.87. The molecule has 1 heterocycles. The number of rotatable bonds is 3. The highest BCUT2D eigenvalue weighted by Crippen LogP contribution is 2.01. The van der Waals surface area contributed by atoms with Crippen molar-refractivity contribution in [1.29, 1.82) is 0 Å². The average Bonchev–Trinajstić information content (AvgIpc) is 2.18. The lowest BCUT2D eigenvalue weighted by molar-refractivity contribution is 0.0519. The minimum Gasteiger partial charge on any atom is -0.461 e. The SMILES string of the molecule is CCOC(=O)c1ccc(CO)cn1. The standard InChI is InChI=1S/C9H11NO3/c1-2-13-9(12)8-4-3-7(6-11)5-10-8/h3-5,11H,2,6H2,1H3. The maximum atomic E-state index is 11.1. The van der Waals surface area contributed by atoms with Crippen LogP contribution in [0.1, 0.15) is 23.0 Å². The summed E-state index contributed by atoms with van der Waals surface area (Å²) in [5.74, 6) is -0.438. The van der Waals surface area contributed by atoms with Gasteiger partial charge in [-0.05, 0) is 18.6 Å². The summed E-state index contributed by atoms with van der Waals surface area (Å²) in [7, 11) is 0. The molecule has 0 fully saturated rings. The second kappa shape index (κ2) is 4.57. The molecule has 1 N–H and O–H groups in total.